The van der Waals surface area contributed by atoms with Gasteiger partial charge in [0.05, 0.1) is 17.7 Å². The Morgan fingerprint density at radius 2 is 1.72 bits per heavy atom. The summed E-state index contributed by atoms with van der Waals surface area (Å²) in [6.45, 7) is 4.42. The number of carboxylic acid groups (broad SMARTS) is 1. The second-order valence-corrected chi connectivity index (χ2v) is 9.64. The highest BCUT2D eigenvalue weighted by Gasteiger charge is 2.54. The molecule has 2 aromatic carbocycles. The number of hydrogen-bond acceptors (Lipinski definition) is 3. The number of halogens is 2. The Hall–Kier alpha value is -2.93. The van der Waals surface area contributed by atoms with Crippen LogP contribution in [0.15, 0.2) is 42.5 Å². The zero-order valence-electron chi connectivity index (χ0n) is 18.0. The molecule has 3 aromatic rings. The Kier molecular flexibility index (Phi) is 4.44. The molecule has 0 saturated heterocycles. The van der Waals surface area contributed by atoms with Gasteiger partial charge in [-0.3, -0.25) is 0 Å². The van der Waals surface area contributed by atoms with Gasteiger partial charge in [0, 0.05) is 27.7 Å². The van der Waals surface area contributed by atoms with Gasteiger partial charge < -0.3 is 19.5 Å². The van der Waals surface area contributed by atoms with E-state index in [-0.39, 0.29) is 37.3 Å². The van der Waals surface area contributed by atoms with E-state index in [1.165, 1.54) is 12.1 Å². The third-order valence-electron chi connectivity index (χ3n) is 7.10. The monoisotopic (exact) mass is 441 g/mol. The fourth-order valence-electron chi connectivity index (χ4n) is 5.38. The van der Waals surface area contributed by atoms with E-state index in [9.17, 15) is 23.8 Å². The average molecular weight is 441 g/mol. The van der Waals surface area contributed by atoms with Crippen LogP contribution in [-0.4, -0.2) is 33.0 Å². The SMILES string of the molecule is CC1(C)CO[C@]2(CC[C@@](F)(C(=O)O)CC2)c2c1n(-c1ccc(F)cc1)c1cccc(O)c12. The molecule has 5 nitrogen and oxygen atoms in total. The zero-order valence-corrected chi connectivity index (χ0v) is 18.0. The molecule has 0 atom stereocenters. The van der Waals surface area contributed by atoms with E-state index in [0.717, 1.165) is 22.5 Å². The number of alkyl halides is 1. The highest BCUT2D eigenvalue weighted by molar-refractivity contribution is 5.94. The zero-order chi connectivity index (χ0) is 22.9. The first-order valence-electron chi connectivity index (χ1n) is 10.8. The topological polar surface area (TPSA) is 71.7 Å². The van der Waals surface area contributed by atoms with Crippen molar-refractivity contribution in [2.24, 2.45) is 0 Å². The van der Waals surface area contributed by atoms with E-state index in [1.54, 1.807) is 24.3 Å². The Morgan fingerprint density at radius 3 is 2.34 bits per heavy atom. The summed E-state index contributed by atoms with van der Waals surface area (Å²) in [7, 11) is 0. The van der Waals surface area contributed by atoms with Gasteiger partial charge in [-0.05, 0) is 62.1 Å². The summed E-state index contributed by atoms with van der Waals surface area (Å²) in [6.07, 6.45) is 0.0452. The number of aromatic nitrogens is 1. The van der Waals surface area contributed by atoms with Crippen molar-refractivity contribution in [2.45, 2.75) is 56.2 Å². The molecular weight excluding hydrogens is 416 g/mol. The molecule has 1 aliphatic heterocycles. The normalized spacial score (nSPS) is 26.9. The summed E-state index contributed by atoms with van der Waals surface area (Å²) >= 11 is 0. The van der Waals surface area contributed by atoms with Crippen molar-refractivity contribution in [3.63, 3.8) is 0 Å². The van der Waals surface area contributed by atoms with Crippen LogP contribution in [0, 0.1) is 5.82 Å². The van der Waals surface area contributed by atoms with Crippen molar-refractivity contribution in [3.05, 3.63) is 59.5 Å². The van der Waals surface area contributed by atoms with Gasteiger partial charge in [-0.15, -0.1) is 0 Å². The minimum atomic E-state index is -2.28. The molecule has 5 rings (SSSR count). The molecule has 2 heterocycles. The molecule has 1 spiro atoms. The average Bonchev–Trinajstić information content (AvgIpc) is 3.12. The smallest absolute Gasteiger partial charge is 0.341 e. The summed E-state index contributed by atoms with van der Waals surface area (Å²) in [5.74, 6) is -1.71. The van der Waals surface area contributed by atoms with E-state index < -0.39 is 22.7 Å². The number of fused-ring (bicyclic) bond motifs is 4. The molecule has 0 radical (unpaired) electrons. The van der Waals surface area contributed by atoms with Crippen LogP contribution in [0.2, 0.25) is 0 Å². The number of ether oxygens (including phenoxy) is 1. The van der Waals surface area contributed by atoms with Crippen LogP contribution in [0.25, 0.3) is 16.6 Å². The molecule has 2 aliphatic rings. The molecule has 1 fully saturated rings. The van der Waals surface area contributed by atoms with Gasteiger partial charge >= 0.3 is 5.97 Å². The lowest BCUT2D eigenvalue weighted by molar-refractivity contribution is -0.165. The summed E-state index contributed by atoms with van der Waals surface area (Å²) in [4.78, 5) is 11.5. The van der Waals surface area contributed by atoms with Gasteiger partial charge in [0.2, 0.25) is 5.67 Å². The predicted molar refractivity (Wildman–Crippen MR) is 115 cm³/mol. The number of nitrogens with zero attached hydrogens (tertiary/aromatic N) is 1. The molecule has 1 saturated carbocycles. The largest absolute Gasteiger partial charge is 0.507 e. The van der Waals surface area contributed by atoms with Crippen LogP contribution in [-0.2, 0) is 20.5 Å². The maximum atomic E-state index is 14.9. The lowest BCUT2D eigenvalue weighted by Gasteiger charge is -2.48. The van der Waals surface area contributed by atoms with Gasteiger partial charge in [-0.1, -0.05) is 19.9 Å². The molecule has 1 aromatic heterocycles. The summed E-state index contributed by atoms with van der Waals surface area (Å²) in [5, 5.41) is 20.9. The second-order valence-electron chi connectivity index (χ2n) is 9.64. The van der Waals surface area contributed by atoms with E-state index in [1.807, 2.05) is 24.5 Å². The van der Waals surface area contributed by atoms with Gasteiger partial charge in [0.15, 0.2) is 0 Å². The second kappa shape index (κ2) is 6.78. The number of carbonyl (C=O) groups is 1. The van der Waals surface area contributed by atoms with Gasteiger partial charge in [-0.2, -0.15) is 0 Å². The van der Waals surface area contributed by atoms with Crippen molar-refractivity contribution in [1.29, 1.82) is 0 Å². The molecule has 0 amide bonds. The number of carboxylic acids is 1. The van der Waals surface area contributed by atoms with E-state index in [4.69, 9.17) is 4.74 Å². The summed E-state index contributed by atoms with van der Waals surface area (Å²) in [6, 6.07) is 11.4. The highest BCUT2D eigenvalue weighted by Crippen LogP contribution is 2.56. The fourth-order valence-corrected chi connectivity index (χ4v) is 5.38. The number of benzene rings is 2. The molecule has 168 valence electrons. The first kappa shape index (κ1) is 20.9. The van der Waals surface area contributed by atoms with E-state index in [2.05, 4.69) is 0 Å². The molecule has 7 heteroatoms. The van der Waals surface area contributed by atoms with Crippen molar-refractivity contribution in [3.8, 4) is 11.4 Å². The lowest BCUT2D eigenvalue weighted by atomic mass is 9.68. The van der Waals surface area contributed by atoms with Crippen molar-refractivity contribution in [2.75, 3.05) is 6.61 Å². The molecule has 0 unspecified atom stereocenters. The van der Waals surface area contributed by atoms with Crippen LogP contribution < -0.4 is 0 Å². The first-order valence-corrected chi connectivity index (χ1v) is 10.8. The quantitative estimate of drug-likeness (QED) is 0.563. The van der Waals surface area contributed by atoms with Crippen LogP contribution >= 0.6 is 0 Å². The minimum absolute atomic E-state index is 0.0793. The van der Waals surface area contributed by atoms with Crippen LogP contribution in [0.1, 0.15) is 50.8 Å². The Bertz CT molecular complexity index is 1220. The molecule has 32 heavy (non-hydrogen) atoms. The van der Waals surface area contributed by atoms with Gasteiger partial charge in [-0.25, -0.2) is 13.6 Å². The third-order valence-corrected chi connectivity index (χ3v) is 7.10. The number of rotatable bonds is 2. The molecular formula is C25H25F2NO4. The van der Waals surface area contributed by atoms with Gasteiger partial charge in [0.1, 0.15) is 11.6 Å². The summed E-state index contributed by atoms with van der Waals surface area (Å²) < 4.78 is 37.0. The van der Waals surface area contributed by atoms with Gasteiger partial charge in [0.25, 0.3) is 0 Å². The highest BCUT2D eigenvalue weighted by atomic mass is 19.1. The third kappa shape index (κ3) is 2.87. The maximum Gasteiger partial charge on any atom is 0.341 e. The Labute approximate surface area is 184 Å². The van der Waals surface area contributed by atoms with Crippen molar-refractivity contribution >= 4 is 16.9 Å². The number of phenols is 1. The molecule has 1 aliphatic carbocycles. The number of aliphatic carboxylic acids is 1. The van der Waals surface area contributed by atoms with Crippen LogP contribution in [0.5, 0.6) is 5.75 Å². The van der Waals surface area contributed by atoms with Crippen LogP contribution in [0.3, 0.4) is 0 Å². The van der Waals surface area contributed by atoms with E-state index >= 15 is 0 Å². The summed E-state index contributed by atoms with van der Waals surface area (Å²) in [5.41, 5.74) is -0.467. The van der Waals surface area contributed by atoms with Crippen molar-refractivity contribution < 1.29 is 28.5 Å². The Morgan fingerprint density at radius 1 is 1.06 bits per heavy atom. The molecule has 2 N–H and O–H groups in total. The standard InChI is InChI=1S/C25H25F2NO4/c1-23(2)14-32-25(12-10-24(27,11-13-25)22(30)31)20-19-17(4-3-5-18(19)29)28(21(20)23)16-8-6-15(26)7-9-16/h3-9,29H,10-14H2,1-2H3,(H,30,31)/t24-,25-. The first-order chi connectivity index (χ1) is 15.1. The maximum absolute atomic E-state index is 14.9. The van der Waals surface area contributed by atoms with E-state index in [0.29, 0.717) is 12.0 Å². The van der Waals surface area contributed by atoms with Crippen molar-refractivity contribution in [1.82, 2.24) is 4.57 Å². The molecule has 0 bridgehead atoms. The fraction of sp³-hybridized carbons (Fsp3) is 0.400. The minimum Gasteiger partial charge on any atom is -0.507 e. The predicted octanol–water partition coefficient (Wildman–Crippen LogP) is 5.35. The number of hydrogen-bond donors (Lipinski definition) is 2. The number of aromatic hydroxyl groups is 1. The number of phenolic OH excluding ortho intramolecular Hbond substituents is 1. The Balaban J connectivity index is 1.81. The lowest BCUT2D eigenvalue weighted by Crippen LogP contribution is -2.49. The van der Waals surface area contributed by atoms with Crippen LogP contribution in [0.4, 0.5) is 8.78 Å².